The molecule has 1 N–H and O–H groups in total. The zero-order chi connectivity index (χ0) is 18.1. The number of nitrogens with one attached hydrogen (secondary N) is 1. The van der Waals surface area contributed by atoms with Crippen LogP contribution in [0, 0.1) is 12.7 Å². The number of hydrogen-bond donors (Lipinski definition) is 1. The highest BCUT2D eigenvalue weighted by molar-refractivity contribution is 6.06. The van der Waals surface area contributed by atoms with Crippen LogP contribution in [0.4, 0.5) is 10.2 Å². The van der Waals surface area contributed by atoms with Crippen LogP contribution in [-0.2, 0) is 0 Å². The number of hydrogen-bond acceptors (Lipinski definition) is 2. The van der Waals surface area contributed by atoms with E-state index in [0.29, 0.717) is 22.6 Å². The van der Waals surface area contributed by atoms with Crippen molar-refractivity contribution in [2.45, 2.75) is 6.92 Å². The van der Waals surface area contributed by atoms with Crippen molar-refractivity contribution in [3.8, 4) is 11.3 Å². The van der Waals surface area contributed by atoms with Gasteiger partial charge in [-0.2, -0.15) is 0 Å². The molecule has 0 radical (unpaired) electrons. The van der Waals surface area contributed by atoms with Gasteiger partial charge >= 0.3 is 0 Å². The molecule has 0 saturated heterocycles. The Kier molecular flexibility index (Phi) is 3.97. The molecule has 0 aliphatic carbocycles. The van der Waals surface area contributed by atoms with Crippen molar-refractivity contribution in [3.05, 3.63) is 89.9 Å². The van der Waals surface area contributed by atoms with Crippen LogP contribution in [0.2, 0.25) is 0 Å². The minimum atomic E-state index is -0.442. The van der Waals surface area contributed by atoms with Crippen molar-refractivity contribution in [2.24, 2.45) is 0 Å². The standard InChI is InChI=1S/C21H16FN3O/c1-14-10-11-16(22)13-17(14)21(26)24-20-19(15-7-3-2-4-8-15)23-18-9-5-6-12-25(18)20/h2-13H,1H3,(H,24,26). The highest BCUT2D eigenvalue weighted by Gasteiger charge is 2.18. The lowest BCUT2D eigenvalue weighted by molar-refractivity contribution is 0.102. The maximum Gasteiger partial charge on any atom is 0.257 e. The molecule has 128 valence electrons. The summed E-state index contributed by atoms with van der Waals surface area (Å²) < 4.78 is 15.4. The average molecular weight is 345 g/mol. The normalized spacial score (nSPS) is 10.8. The molecule has 2 aromatic carbocycles. The molecule has 2 aromatic heterocycles. The summed E-state index contributed by atoms with van der Waals surface area (Å²) in [6, 6.07) is 19.4. The van der Waals surface area contributed by atoms with Crippen LogP contribution in [0.25, 0.3) is 16.9 Å². The van der Waals surface area contributed by atoms with Gasteiger partial charge in [0, 0.05) is 17.3 Å². The molecule has 4 aromatic rings. The van der Waals surface area contributed by atoms with E-state index in [9.17, 15) is 9.18 Å². The van der Waals surface area contributed by atoms with Gasteiger partial charge in [-0.05, 0) is 36.8 Å². The number of carbonyl (C=O) groups excluding carboxylic acids is 1. The smallest absolute Gasteiger partial charge is 0.257 e. The second-order valence-electron chi connectivity index (χ2n) is 6.02. The number of nitrogens with zero attached hydrogens (tertiary/aromatic N) is 2. The van der Waals surface area contributed by atoms with E-state index in [2.05, 4.69) is 10.3 Å². The van der Waals surface area contributed by atoms with Gasteiger partial charge in [0.2, 0.25) is 0 Å². The third kappa shape index (κ3) is 2.84. The van der Waals surface area contributed by atoms with E-state index in [1.54, 1.807) is 13.0 Å². The zero-order valence-corrected chi connectivity index (χ0v) is 14.1. The Morgan fingerprint density at radius 3 is 2.62 bits per heavy atom. The number of pyridine rings is 1. The van der Waals surface area contributed by atoms with Crippen molar-refractivity contribution >= 4 is 17.4 Å². The van der Waals surface area contributed by atoms with E-state index in [-0.39, 0.29) is 5.91 Å². The first-order chi connectivity index (χ1) is 12.6. The van der Waals surface area contributed by atoms with Crippen molar-refractivity contribution in [1.29, 1.82) is 0 Å². The van der Waals surface area contributed by atoms with Crippen LogP contribution in [-0.4, -0.2) is 15.3 Å². The van der Waals surface area contributed by atoms with Crippen LogP contribution < -0.4 is 5.32 Å². The molecule has 26 heavy (non-hydrogen) atoms. The highest BCUT2D eigenvalue weighted by Crippen LogP contribution is 2.29. The van der Waals surface area contributed by atoms with Gasteiger partial charge in [-0.25, -0.2) is 9.37 Å². The largest absolute Gasteiger partial charge is 0.306 e. The Bertz CT molecular complexity index is 1100. The van der Waals surface area contributed by atoms with Crippen LogP contribution in [0.5, 0.6) is 0 Å². The molecule has 0 aliphatic heterocycles. The number of rotatable bonds is 3. The van der Waals surface area contributed by atoms with Gasteiger partial charge in [0.25, 0.3) is 5.91 Å². The van der Waals surface area contributed by atoms with E-state index in [4.69, 9.17) is 0 Å². The fourth-order valence-corrected chi connectivity index (χ4v) is 2.93. The molecule has 4 rings (SSSR count). The number of aryl methyl sites for hydroxylation is 1. The third-order valence-electron chi connectivity index (χ3n) is 4.25. The van der Waals surface area contributed by atoms with Gasteiger partial charge in [-0.3, -0.25) is 9.20 Å². The first-order valence-electron chi connectivity index (χ1n) is 8.23. The first-order valence-corrected chi connectivity index (χ1v) is 8.23. The summed E-state index contributed by atoms with van der Waals surface area (Å²) in [6.07, 6.45) is 1.84. The lowest BCUT2D eigenvalue weighted by atomic mass is 10.1. The van der Waals surface area contributed by atoms with Crippen LogP contribution in [0.15, 0.2) is 72.9 Å². The number of anilines is 1. The van der Waals surface area contributed by atoms with Crippen LogP contribution in [0.1, 0.15) is 15.9 Å². The number of halogens is 1. The minimum Gasteiger partial charge on any atom is -0.306 e. The lowest BCUT2D eigenvalue weighted by Gasteiger charge is -2.10. The van der Waals surface area contributed by atoms with Gasteiger partial charge in [-0.15, -0.1) is 0 Å². The monoisotopic (exact) mass is 345 g/mol. The molecule has 5 heteroatoms. The summed E-state index contributed by atoms with van der Waals surface area (Å²) >= 11 is 0. The summed E-state index contributed by atoms with van der Waals surface area (Å²) in [5, 5.41) is 2.91. The predicted molar refractivity (Wildman–Crippen MR) is 99.7 cm³/mol. The van der Waals surface area contributed by atoms with Crippen molar-refractivity contribution in [2.75, 3.05) is 5.32 Å². The molecular formula is C21H16FN3O. The summed E-state index contributed by atoms with van der Waals surface area (Å²) in [7, 11) is 0. The number of imidazole rings is 1. The lowest BCUT2D eigenvalue weighted by Crippen LogP contribution is -2.15. The second kappa shape index (κ2) is 6.44. The SMILES string of the molecule is Cc1ccc(F)cc1C(=O)Nc1c(-c2ccccc2)nc2ccccn12. The zero-order valence-electron chi connectivity index (χ0n) is 14.1. The Labute approximate surface area is 149 Å². The van der Waals surface area contributed by atoms with Gasteiger partial charge in [-0.1, -0.05) is 42.5 Å². The molecule has 2 heterocycles. The predicted octanol–water partition coefficient (Wildman–Crippen LogP) is 4.70. The first kappa shape index (κ1) is 16.0. The average Bonchev–Trinajstić information content (AvgIpc) is 3.03. The van der Waals surface area contributed by atoms with Gasteiger partial charge in [0.1, 0.15) is 23.0 Å². The molecule has 4 nitrogen and oxygen atoms in total. The topological polar surface area (TPSA) is 46.4 Å². The summed E-state index contributed by atoms with van der Waals surface area (Å²) in [5.74, 6) is -0.257. The van der Waals surface area contributed by atoms with Crippen LogP contribution >= 0.6 is 0 Å². The van der Waals surface area contributed by atoms with E-state index < -0.39 is 5.82 Å². The van der Waals surface area contributed by atoms with Crippen LogP contribution in [0.3, 0.4) is 0 Å². The van der Waals surface area contributed by atoms with Crippen molar-refractivity contribution in [1.82, 2.24) is 9.38 Å². The molecule has 0 unspecified atom stereocenters. The fraction of sp³-hybridized carbons (Fsp3) is 0.0476. The van der Waals surface area contributed by atoms with E-state index in [0.717, 1.165) is 11.2 Å². The van der Waals surface area contributed by atoms with Gasteiger partial charge in [0.15, 0.2) is 0 Å². The number of benzene rings is 2. The van der Waals surface area contributed by atoms with E-state index in [1.807, 2.05) is 59.1 Å². The molecule has 0 saturated carbocycles. The maximum atomic E-state index is 13.6. The van der Waals surface area contributed by atoms with Crippen molar-refractivity contribution < 1.29 is 9.18 Å². The number of carbonyl (C=O) groups is 1. The Morgan fingerprint density at radius 1 is 1.04 bits per heavy atom. The fourth-order valence-electron chi connectivity index (χ4n) is 2.93. The minimum absolute atomic E-state index is 0.301. The number of fused-ring (bicyclic) bond motifs is 1. The number of aromatic nitrogens is 2. The molecule has 0 fully saturated rings. The highest BCUT2D eigenvalue weighted by atomic mass is 19.1. The van der Waals surface area contributed by atoms with E-state index >= 15 is 0 Å². The molecule has 0 aliphatic rings. The second-order valence-corrected chi connectivity index (χ2v) is 6.02. The maximum absolute atomic E-state index is 13.6. The molecule has 0 bridgehead atoms. The summed E-state index contributed by atoms with van der Waals surface area (Å²) in [4.78, 5) is 17.4. The quantitative estimate of drug-likeness (QED) is 0.585. The third-order valence-corrected chi connectivity index (χ3v) is 4.25. The van der Waals surface area contributed by atoms with Gasteiger partial charge in [0.05, 0.1) is 0 Å². The van der Waals surface area contributed by atoms with Gasteiger partial charge < -0.3 is 5.32 Å². The molecule has 0 spiro atoms. The summed E-state index contributed by atoms with van der Waals surface area (Å²) in [5.41, 5.74) is 3.29. The van der Waals surface area contributed by atoms with E-state index in [1.165, 1.54) is 12.1 Å². The Hall–Kier alpha value is -3.47. The summed E-state index contributed by atoms with van der Waals surface area (Å²) in [6.45, 7) is 1.78. The number of amides is 1. The Balaban J connectivity index is 1.83. The Morgan fingerprint density at radius 2 is 1.81 bits per heavy atom. The van der Waals surface area contributed by atoms with Crippen molar-refractivity contribution in [3.63, 3.8) is 0 Å². The molecule has 0 atom stereocenters. The molecular weight excluding hydrogens is 329 g/mol. The molecule has 1 amide bonds.